The SMILES string of the molecule is CC(C)(C)N(CCC(=O)O)Cc1ccc(Br)cc1F. The predicted octanol–water partition coefficient (Wildman–Crippen LogP) is 3.66. The van der Waals surface area contributed by atoms with Crippen LogP contribution in [0.3, 0.4) is 0 Å². The van der Waals surface area contributed by atoms with Crippen molar-refractivity contribution in [3.05, 3.63) is 34.1 Å². The van der Waals surface area contributed by atoms with E-state index in [0.29, 0.717) is 23.1 Å². The number of hydrogen-bond acceptors (Lipinski definition) is 2. The molecule has 106 valence electrons. The summed E-state index contributed by atoms with van der Waals surface area (Å²) in [7, 11) is 0. The molecule has 3 nitrogen and oxygen atoms in total. The van der Waals surface area contributed by atoms with E-state index < -0.39 is 5.97 Å². The Morgan fingerprint density at radius 1 is 1.42 bits per heavy atom. The molecule has 1 N–H and O–H groups in total. The molecule has 0 aliphatic carbocycles. The van der Waals surface area contributed by atoms with E-state index in [0.717, 1.165) is 0 Å². The zero-order valence-electron chi connectivity index (χ0n) is 11.4. The highest BCUT2D eigenvalue weighted by atomic mass is 79.9. The third-order valence-electron chi connectivity index (χ3n) is 2.92. The third-order valence-corrected chi connectivity index (χ3v) is 3.41. The van der Waals surface area contributed by atoms with Gasteiger partial charge in [-0.25, -0.2) is 4.39 Å². The van der Waals surface area contributed by atoms with Crippen molar-refractivity contribution in [1.29, 1.82) is 0 Å². The molecule has 0 saturated heterocycles. The normalized spacial score (nSPS) is 11.9. The van der Waals surface area contributed by atoms with Crippen LogP contribution in [0.2, 0.25) is 0 Å². The summed E-state index contributed by atoms with van der Waals surface area (Å²) in [5.41, 5.74) is 0.359. The van der Waals surface area contributed by atoms with E-state index in [-0.39, 0.29) is 17.8 Å². The molecule has 1 rings (SSSR count). The Hall–Kier alpha value is -0.940. The van der Waals surface area contributed by atoms with Gasteiger partial charge >= 0.3 is 5.97 Å². The summed E-state index contributed by atoms with van der Waals surface area (Å²) in [5.74, 6) is -1.12. The first kappa shape index (κ1) is 16.1. The second-order valence-electron chi connectivity index (χ2n) is 5.47. The zero-order chi connectivity index (χ0) is 14.6. The largest absolute Gasteiger partial charge is 0.481 e. The Kier molecular flexibility index (Phi) is 5.50. The fraction of sp³-hybridized carbons (Fsp3) is 0.500. The molecule has 19 heavy (non-hydrogen) atoms. The second-order valence-corrected chi connectivity index (χ2v) is 6.39. The summed E-state index contributed by atoms with van der Waals surface area (Å²) >= 11 is 3.22. The van der Waals surface area contributed by atoms with E-state index in [9.17, 15) is 9.18 Å². The number of rotatable bonds is 5. The molecule has 5 heteroatoms. The fourth-order valence-corrected chi connectivity index (χ4v) is 2.07. The van der Waals surface area contributed by atoms with E-state index in [1.165, 1.54) is 6.07 Å². The molecule has 0 aromatic heterocycles. The van der Waals surface area contributed by atoms with E-state index in [4.69, 9.17) is 5.11 Å². The van der Waals surface area contributed by atoms with Gasteiger partial charge in [-0.1, -0.05) is 22.0 Å². The first-order valence-electron chi connectivity index (χ1n) is 6.11. The number of hydrogen-bond donors (Lipinski definition) is 1. The van der Waals surface area contributed by atoms with Crippen molar-refractivity contribution in [3.8, 4) is 0 Å². The van der Waals surface area contributed by atoms with Crippen LogP contribution < -0.4 is 0 Å². The average Bonchev–Trinajstić information content (AvgIpc) is 2.24. The van der Waals surface area contributed by atoms with E-state index in [1.54, 1.807) is 12.1 Å². The molecule has 0 atom stereocenters. The number of benzene rings is 1. The Bertz CT molecular complexity index is 457. The number of carboxylic acid groups (broad SMARTS) is 1. The highest BCUT2D eigenvalue weighted by molar-refractivity contribution is 9.10. The van der Waals surface area contributed by atoms with Gasteiger partial charge in [0.1, 0.15) is 5.82 Å². The van der Waals surface area contributed by atoms with Crippen molar-refractivity contribution < 1.29 is 14.3 Å². The van der Waals surface area contributed by atoms with Crippen molar-refractivity contribution in [1.82, 2.24) is 4.90 Å². The lowest BCUT2D eigenvalue weighted by Crippen LogP contribution is -2.42. The van der Waals surface area contributed by atoms with Gasteiger partial charge in [-0.15, -0.1) is 0 Å². The molecular weight excluding hydrogens is 313 g/mol. The van der Waals surface area contributed by atoms with Gasteiger partial charge in [0.25, 0.3) is 0 Å². The zero-order valence-corrected chi connectivity index (χ0v) is 13.0. The van der Waals surface area contributed by atoms with Crippen LogP contribution in [0.1, 0.15) is 32.8 Å². The maximum Gasteiger partial charge on any atom is 0.304 e. The fourth-order valence-electron chi connectivity index (χ4n) is 1.74. The summed E-state index contributed by atoms with van der Waals surface area (Å²) in [6.07, 6.45) is 0.0510. The number of carbonyl (C=O) groups is 1. The molecule has 0 aliphatic rings. The topological polar surface area (TPSA) is 40.5 Å². The Morgan fingerprint density at radius 2 is 2.05 bits per heavy atom. The molecule has 0 fully saturated rings. The summed E-state index contributed by atoms with van der Waals surface area (Å²) in [5, 5.41) is 8.78. The molecule has 0 heterocycles. The van der Waals surface area contributed by atoms with Crippen LogP contribution >= 0.6 is 15.9 Å². The maximum atomic E-state index is 13.8. The molecule has 0 radical (unpaired) electrons. The molecule has 0 spiro atoms. The minimum Gasteiger partial charge on any atom is -0.481 e. The monoisotopic (exact) mass is 331 g/mol. The number of carboxylic acids is 1. The summed E-state index contributed by atoms with van der Waals surface area (Å²) in [6.45, 7) is 6.77. The van der Waals surface area contributed by atoms with Crippen molar-refractivity contribution in [2.75, 3.05) is 6.54 Å². The van der Waals surface area contributed by atoms with Crippen molar-refractivity contribution >= 4 is 21.9 Å². The molecule has 0 unspecified atom stereocenters. The first-order chi connectivity index (χ1) is 8.70. The smallest absolute Gasteiger partial charge is 0.304 e. The van der Waals surface area contributed by atoms with Crippen LogP contribution in [-0.4, -0.2) is 28.1 Å². The molecule has 0 aliphatic heterocycles. The van der Waals surface area contributed by atoms with E-state index in [2.05, 4.69) is 15.9 Å². The Balaban J connectivity index is 2.85. The van der Waals surface area contributed by atoms with Gasteiger partial charge in [0, 0.05) is 28.7 Å². The van der Waals surface area contributed by atoms with Crippen LogP contribution in [0.5, 0.6) is 0 Å². The van der Waals surface area contributed by atoms with Crippen LogP contribution in [0, 0.1) is 5.82 Å². The predicted molar refractivity (Wildman–Crippen MR) is 76.5 cm³/mol. The first-order valence-corrected chi connectivity index (χ1v) is 6.90. The number of nitrogens with zero attached hydrogens (tertiary/aromatic N) is 1. The quantitative estimate of drug-likeness (QED) is 0.894. The number of aliphatic carboxylic acids is 1. The summed E-state index contributed by atoms with van der Waals surface area (Å²) in [4.78, 5) is 12.7. The Morgan fingerprint density at radius 3 is 2.53 bits per heavy atom. The van der Waals surface area contributed by atoms with Gasteiger partial charge in [-0.05, 0) is 32.9 Å². The molecule has 0 amide bonds. The van der Waals surface area contributed by atoms with Crippen molar-refractivity contribution in [3.63, 3.8) is 0 Å². The van der Waals surface area contributed by atoms with Gasteiger partial charge in [0.05, 0.1) is 6.42 Å². The van der Waals surface area contributed by atoms with Crippen LogP contribution in [0.15, 0.2) is 22.7 Å². The molecular formula is C14H19BrFNO2. The molecule has 0 bridgehead atoms. The average molecular weight is 332 g/mol. The Labute approximate surface area is 121 Å². The van der Waals surface area contributed by atoms with Crippen LogP contribution in [-0.2, 0) is 11.3 Å². The van der Waals surface area contributed by atoms with E-state index in [1.807, 2.05) is 25.7 Å². The third kappa shape index (κ3) is 5.28. The summed E-state index contributed by atoms with van der Waals surface area (Å²) < 4.78 is 14.5. The second kappa shape index (κ2) is 6.48. The van der Waals surface area contributed by atoms with Gasteiger partial charge in [-0.2, -0.15) is 0 Å². The summed E-state index contributed by atoms with van der Waals surface area (Å²) in [6, 6.07) is 4.93. The van der Waals surface area contributed by atoms with Gasteiger partial charge in [0.2, 0.25) is 0 Å². The van der Waals surface area contributed by atoms with E-state index >= 15 is 0 Å². The maximum absolute atomic E-state index is 13.8. The lowest BCUT2D eigenvalue weighted by Gasteiger charge is -2.35. The van der Waals surface area contributed by atoms with Gasteiger partial charge in [-0.3, -0.25) is 9.69 Å². The van der Waals surface area contributed by atoms with Crippen molar-refractivity contribution in [2.45, 2.75) is 39.3 Å². The van der Waals surface area contributed by atoms with Crippen molar-refractivity contribution in [2.24, 2.45) is 0 Å². The highest BCUT2D eigenvalue weighted by Gasteiger charge is 2.23. The minimum absolute atomic E-state index is 0.0510. The van der Waals surface area contributed by atoms with Crippen LogP contribution in [0.25, 0.3) is 0 Å². The van der Waals surface area contributed by atoms with Gasteiger partial charge < -0.3 is 5.11 Å². The lowest BCUT2D eigenvalue weighted by molar-refractivity contribution is -0.137. The van der Waals surface area contributed by atoms with Gasteiger partial charge in [0.15, 0.2) is 0 Å². The standard InChI is InChI=1S/C14H19BrFNO2/c1-14(2,3)17(7-6-13(18)19)9-10-4-5-11(15)8-12(10)16/h4-5,8H,6-7,9H2,1-3H3,(H,18,19). The van der Waals surface area contributed by atoms with Crippen LogP contribution in [0.4, 0.5) is 4.39 Å². The lowest BCUT2D eigenvalue weighted by atomic mass is 10.0. The molecule has 1 aromatic carbocycles. The number of halogens is 2. The minimum atomic E-state index is -0.842. The molecule has 1 aromatic rings. The molecule has 0 saturated carbocycles. The highest BCUT2D eigenvalue weighted by Crippen LogP contribution is 2.21.